The van der Waals surface area contributed by atoms with Crippen LogP contribution < -0.4 is 16.0 Å². The Balaban J connectivity index is 1.40. The number of aromatic nitrogens is 4. The van der Waals surface area contributed by atoms with Crippen molar-refractivity contribution in [2.24, 2.45) is 11.8 Å². The minimum Gasteiger partial charge on any atom is -0.350 e. The topological polar surface area (TPSA) is 176 Å². The second-order valence-electron chi connectivity index (χ2n) is 14.4. The maximum atomic E-state index is 13.1. The Labute approximate surface area is 282 Å². The lowest BCUT2D eigenvalue weighted by Crippen LogP contribution is -2.47. The van der Waals surface area contributed by atoms with Crippen molar-refractivity contribution in [2.75, 3.05) is 6.54 Å². The molecule has 0 spiro atoms. The number of carbonyl (C=O) groups excluding carboxylic acids is 2. The number of hydrogen-bond acceptors (Lipinski definition) is 8. The van der Waals surface area contributed by atoms with Crippen molar-refractivity contribution in [3.05, 3.63) is 75.6 Å². The normalized spacial score (nSPS) is 22.6. The van der Waals surface area contributed by atoms with Crippen molar-refractivity contribution in [1.29, 1.82) is 10.7 Å². The molecule has 5 atom stereocenters. The molecule has 12 heteroatoms. The van der Waals surface area contributed by atoms with Crippen LogP contribution in [0.4, 0.5) is 0 Å². The first-order valence-corrected chi connectivity index (χ1v) is 17.1. The number of H-pyrrole nitrogens is 1. The summed E-state index contributed by atoms with van der Waals surface area (Å²) in [6, 6.07) is 14.0. The first kappa shape index (κ1) is 33.3. The van der Waals surface area contributed by atoms with Gasteiger partial charge in [-0.25, -0.2) is 0 Å². The van der Waals surface area contributed by atoms with Gasteiger partial charge >= 0.3 is 0 Å². The number of aromatic amines is 1. The van der Waals surface area contributed by atoms with Crippen molar-refractivity contribution in [1.82, 2.24) is 41.5 Å². The molecule has 2 unspecified atom stereocenters. The fourth-order valence-electron chi connectivity index (χ4n) is 8.13. The summed E-state index contributed by atoms with van der Waals surface area (Å²) in [5.41, 5.74) is 4.24. The number of carbonyl (C=O) groups is 2. The highest BCUT2D eigenvalue weighted by atomic mass is 16.2. The molecule has 1 aromatic heterocycles. The molecule has 2 saturated heterocycles. The second kappa shape index (κ2) is 13.1. The van der Waals surface area contributed by atoms with Crippen molar-refractivity contribution in [3.8, 4) is 6.07 Å². The van der Waals surface area contributed by atoms with Crippen LogP contribution >= 0.6 is 0 Å². The summed E-state index contributed by atoms with van der Waals surface area (Å²) < 4.78 is 0. The number of rotatable bonds is 10. The quantitative estimate of drug-likeness (QED) is 0.164. The summed E-state index contributed by atoms with van der Waals surface area (Å²) in [7, 11) is 0. The number of nitrogens with zero attached hydrogens (tertiary/aromatic N) is 5. The Bertz CT molecular complexity index is 1670. The lowest BCUT2D eigenvalue weighted by Gasteiger charge is -2.37. The number of amidine groups is 1. The van der Waals surface area contributed by atoms with Gasteiger partial charge in [0.2, 0.25) is 0 Å². The molecule has 2 aliphatic carbocycles. The summed E-state index contributed by atoms with van der Waals surface area (Å²) in [5.74, 6) is 1.41. The van der Waals surface area contributed by atoms with Gasteiger partial charge in [0.1, 0.15) is 11.9 Å². The zero-order valence-electron chi connectivity index (χ0n) is 28.6. The molecule has 2 aliphatic heterocycles. The second-order valence-corrected chi connectivity index (χ2v) is 14.4. The van der Waals surface area contributed by atoms with Crippen LogP contribution in [0.3, 0.4) is 0 Å². The van der Waals surface area contributed by atoms with Gasteiger partial charge in [-0.2, -0.15) is 10.5 Å². The van der Waals surface area contributed by atoms with Gasteiger partial charge in [0.15, 0.2) is 5.82 Å². The number of aryl methyl sites for hydroxylation is 2. The number of hydrogen-bond donors (Lipinski definition) is 5. The first-order valence-electron chi connectivity index (χ1n) is 17.1. The molecule has 3 heterocycles. The third-order valence-electron chi connectivity index (χ3n) is 10.4. The number of benzene rings is 2. The largest absolute Gasteiger partial charge is 0.350 e. The minimum atomic E-state index is -0.887. The van der Waals surface area contributed by atoms with E-state index in [0.717, 1.165) is 28.7 Å². The van der Waals surface area contributed by atoms with Crippen LogP contribution in [0.15, 0.2) is 36.4 Å². The van der Waals surface area contributed by atoms with Crippen molar-refractivity contribution >= 4 is 17.6 Å². The van der Waals surface area contributed by atoms with E-state index in [1.165, 1.54) is 0 Å². The molecular formula is C36H46N10O2. The van der Waals surface area contributed by atoms with E-state index in [4.69, 9.17) is 5.41 Å². The van der Waals surface area contributed by atoms with E-state index >= 15 is 0 Å². The SMILES string of the molecule is CC(C)NC(=O)c1ccc2c(c1)CCc1cc(C(=O)NC(C)C)ccc1C2(C[C@@H](C)NCC(=N)N1C(C#N)[C@@H]2C[C@H]1C2C)c1nn[nH]n1. The van der Waals surface area contributed by atoms with Crippen LogP contribution in [0.2, 0.25) is 0 Å². The molecule has 12 nitrogen and oxygen atoms in total. The molecule has 2 bridgehead atoms. The maximum Gasteiger partial charge on any atom is 0.251 e. The zero-order chi connectivity index (χ0) is 34.3. The lowest BCUT2D eigenvalue weighted by molar-refractivity contribution is 0.0934. The highest BCUT2D eigenvalue weighted by Crippen LogP contribution is 2.50. The van der Waals surface area contributed by atoms with E-state index < -0.39 is 5.41 Å². The monoisotopic (exact) mass is 650 g/mol. The molecule has 7 rings (SSSR count). The van der Waals surface area contributed by atoms with Crippen LogP contribution in [0.5, 0.6) is 0 Å². The first-order chi connectivity index (χ1) is 22.9. The molecule has 2 aromatic carbocycles. The van der Waals surface area contributed by atoms with Gasteiger partial charge in [0, 0.05) is 35.3 Å². The van der Waals surface area contributed by atoms with Gasteiger partial charge in [-0.3, -0.25) is 15.0 Å². The van der Waals surface area contributed by atoms with Gasteiger partial charge in [-0.15, -0.1) is 10.2 Å². The molecule has 3 fully saturated rings. The Kier molecular flexibility index (Phi) is 9.09. The van der Waals surface area contributed by atoms with Gasteiger partial charge < -0.3 is 20.9 Å². The van der Waals surface area contributed by atoms with E-state index in [1.807, 2.05) is 69.0 Å². The van der Waals surface area contributed by atoms with Gasteiger partial charge in [-0.05, 0) is 119 Å². The summed E-state index contributed by atoms with van der Waals surface area (Å²) in [4.78, 5) is 28.2. The number of nitrogens with one attached hydrogen (secondary N) is 5. The molecule has 0 radical (unpaired) electrons. The highest BCUT2D eigenvalue weighted by Gasteiger charge is 2.57. The van der Waals surface area contributed by atoms with E-state index in [-0.39, 0.29) is 42.0 Å². The predicted octanol–water partition coefficient (Wildman–Crippen LogP) is 3.49. The third-order valence-corrected chi connectivity index (χ3v) is 10.4. The molecule has 5 N–H and O–H groups in total. The van der Waals surface area contributed by atoms with E-state index in [2.05, 4.69) is 56.5 Å². The molecule has 252 valence electrons. The summed E-state index contributed by atoms with van der Waals surface area (Å²) >= 11 is 0. The standard InChI is InChI=1S/C36H46N10O2/c1-19(2)40-33(47)25-9-11-28-23(13-25)7-8-24-14-26(34(48)41-20(3)4)10-12-29(24)36(28,35-42-44-45-43-35)16-21(5)39-18-32(38)46-30-15-27(22(30)6)31(46)17-37/h9-14,19-22,27,30-31,38-39H,7-8,15-16,18H2,1-6H3,(H,40,47)(H,41,48)(H,42,43,44,45)/t21-,22?,27-,30+,31?/m1/s1. The average Bonchev–Trinajstić information content (AvgIpc) is 3.77. The van der Waals surface area contributed by atoms with Gasteiger partial charge in [0.25, 0.3) is 11.8 Å². The van der Waals surface area contributed by atoms with Crippen molar-refractivity contribution in [3.63, 3.8) is 0 Å². The maximum absolute atomic E-state index is 13.1. The van der Waals surface area contributed by atoms with Gasteiger partial charge in [-0.1, -0.05) is 24.3 Å². The Hall–Kier alpha value is -4.63. The zero-order valence-corrected chi connectivity index (χ0v) is 28.6. The summed E-state index contributed by atoms with van der Waals surface area (Å²) in [6.45, 7) is 12.3. The number of amides is 2. The van der Waals surface area contributed by atoms with Gasteiger partial charge in [0.05, 0.1) is 18.0 Å². The molecule has 2 amide bonds. The average molecular weight is 651 g/mol. The summed E-state index contributed by atoms with van der Waals surface area (Å²) in [6.07, 6.45) is 2.79. The van der Waals surface area contributed by atoms with Crippen molar-refractivity contribution < 1.29 is 9.59 Å². The Morgan fingerprint density at radius 1 is 1.02 bits per heavy atom. The highest BCUT2D eigenvalue weighted by molar-refractivity contribution is 5.95. The summed E-state index contributed by atoms with van der Waals surface area (Å²) in [5, 5.41) is 44.2. The predicted molar refractivity (Wildman–Crippen MR) is 182 cm³/mol. The number of nitriles is 1. The third kappa shape index (κ3) is 5.85. The van der Waals surface area contributed by atoms with E-state index in [9.17, 15) is 14.9 Å². The van der Waals surface area contributed by atoms with Crippen LogP contribution in [-0.2, 0) is 18.3 Å². The van der Waals surface area contributed by atoms with Crippen LogP contribution in [0.25, 0.3) is 0 Å². The fraction of sp³-hybridized carbons (Fsp3) is 0.528. The molecule has 3 aromatic rings. The molecule has 1 saturated carbocycles. The number of tetrazole rings is 1. The minimum absolute atomic E-state index is 0.00180. The molecule has 4 aliphatic rings. The van der Waals surface area contributed by atoms with E-state index in [0.29, 0.717) is 60.4 Å². The lowest BCUT2D eigenvalue weighted by atomic mass is 9.67. The van der Waals surface area contributed by atoms with Crippen LogP contribution in [0.1, 0.15) is 103 Å². The van der Waals surface area contributed by atoms with E-state index in [1.54, 1.807) is 0 Å². The Morgan fingerprint density at radius 2 is 1.60 bits per heavy atom. The smallest absolute Gasteiger partial charge is 0.251 e. The Morgan fingerprint density at radius 3 is 2.08 bits per heavy atom. The van der Waals surface area contributed by atoms with Crippen LogP contribution in [-0.4, -0.2) is 79.9 Å². The molecular weight excluding hydrogens is 604 g/mol. The van der Waals surface area contributed by atoms with Crippen molar-refractivity contribution in [2.45, 2.75) is 103 Å². The number of fused-ring (bicyclic) bond motifs is 3. The fourth-order valence-corrected chi connectivity index (χ4v) is 8.13. The molecule has 48 heavy (non-hydrogen) atoms. The van der Waals surface area contributed by atoms with Crippen LogP contribution in [0, 0.1) is 28.6 Å².